The first kappa shape index (κ1) is 15.3. The van der Waals surface area contributed by atoms with E-state index >= 15 is 0 Å². The molecule has 5 heteroatoms. The van der Waals surface area contributed by atoms with Crippen LogP contribution >= 0.6 is 0 Å². The van der Waals surface area contributed by atoms with Crippen molar-refractivity contribution in [1.82, 2.24) is 5.32 Å². The Labute approximate surface area is 113 Å². The van der Waals surface area contributed by atoms with Crippen LogP contribution in [0.2, 0.25) is 0 Å². The van der Waals surface area contributed by atoms with Crippen LogP contribution in [0.5, 0.6) is 0 Å². The Morgan fingerprint density at radius 2 is 1.95 bits per heavy atom. The number of amides is 1. The number of aryl methyl sites for hydroxylation is 1. The molecule has 0 saturated heterocycles. The van der Waals surface area contributed by atoms with Crippen molar-refractivity contribution in [3.8, 4) is 0 Å². The average Bonchev–Trinajstić information content (AvgIpc) is 2.67. The highest BCUT2D eigenvalue weighted by atomic mass is 16.6. The highest BCUT2D eigenvalue weighted by Crippen LogP contribution is 2.09. The minimum atomic E-state index is -0.515. The number of carbonyl (C=O) groups excluding carboxylic acids is 2. The van der Waals surface area contributed by atoms with Crippen molar-refractivity contribution in [2.24, 2.45) is 0 Å². The molecule has 1 N–H and O–H groups in total. The molecule has 0 radical (unpaired) electrons. The molecular weight excluding hydrogens is 246 g/mol. The van der Waals surface area contributed by atoms with E-state index in [1.54, 1.807) is 20.8 Å². The lowest BCUT2D eigenvalue weighted by molar-refractivity contribution is -0.155. The van der Waals surface area contributed by atoms with E-state index in [0.29, 0.717) is 12.3 Å². The Morgan fingerprint density at radius 3 is 2.47 bits per heavy atom. The first-order chi connectivity index (χ1) is 8.76. The molecule has 0 spiro atoms. The van der Waals surface area contributed by atoms with Gasteiger partial charge in [0.2, 0.25) is 5.91 Å². The van der Waals surface area contributed by atoms with Crippen LogP contribution in [0, 0.1) is 6.92 Å². The number of hydrogen-bond donors (Lipinski definition) is 1. The van der Waals surface area contributed by atoms with Crippen LogP contribution in [0.4, 0.5) is 0 Å². The molecule has 1 aromatic heterocycles. The lowest BCUT2D eigenvalue weighted by atomic mass is 10.2. The highest BCUT2D eigenvalue weighted by Gasteiger charge is 2.17. The molecule has 1 amide bonds. The van der Waals surface area contributed by atoms with Gasteiger partial charge < -0.3 is 14.5 Å². The molecule has 0 aliphatic heterocycles. The molecule has 0 aromatic carbocycles. The van der Waals surface area contributed by atoms with Gasteiger partial charge in [0.1, 0.15) is 17.1 Å². The topological polar surface area (TPSA) is 68.5 Å². The molecule has 1 rings (SSSR count). The molecule has 1 heterocycles. The summed E-state index contributed by atoms with van der Waals surface area (Å²) in [6.07, 6.45) is 0.203. The third kappa shape index (κ3) is 6.64. The lowest BCUT2D eigenvalue weighted by Gasteiger charge is -2.19. The molecule has 0 bridgehead atoms. The number of hydrogen-bond acceptors (Lipinski definition) is 4. The second-order valence-corrected chi connectivity index (χ2v) is 5.38. The van der Waals surface area contributed by atoms with E-state index in [0.717, 1.165) is 5.76 Å². The van der Waals surface area contributed by atoms with Crippen LogP contribution in [-0.4, -0.2) is 17.5 Å². The van der Waals surface area contributed by atoms with Gasteiger partial charge in [-0.25, -0.2) is 0 Å². The highest BCUT2D eigenvalue weighted by molar-refractivity contribution is 5.81. The van der Waals surface area contributed by atoms with E-state index in [1.807, 2.05) is 19.1 Å². The van der Waals surface area contributed by atoms with Gasteiger partial charge in [-0.1, -0.05) is 0 Å². The third-order valence-electron chi connectivity index (χ3n) is 2.23. The Kier molecular flexibility index (Phi) is 5.15. The third-order valence-corrected chi connectivity index (χ3v) is 2.23. The van der Waals surface area contributed by atoms with E-state index in [9.17, 15) is 9.59 Å². The van der Waals surface area contributed by atoms with Gasteiger partial charge >= 0.3 is 5.97 Å². The molecule has 0 aliphatic carbocycles. The number of nitrogens with one attached hydrogen (secondary N) is 1. The molecule has 1 aromatic rings. The standard InChI is InChI=1S/C14H21NO4/c1-10-5-6-11(18-10)9-15-12(16)7-8-13(17)19-14(2,3)4/h5-6H,7-9H2,1-4H3,(H,15,16). The summed E-state index contributed by atoms with van der Waals surface area (Å²) in [5, 5.41) is 2.69. The van der Waals surface area contributed by atoms with Crippen molar-refractivity contribution in [3.05, 3.63) is 23.7 Å². The number of esters is 1. The van der Waals surface area contributed by atoms with Crippen molar-refractivity contribution in [1.29, 1.82) is 0 Å². The van der Waals surface area contributed by atoms with E-state index in [1.165, 1.54) is 0 Å². The minimum Gasteiger partial charge on any atom is -0.465 e. The van der Waals surface area contributed by atoms with Crippen LogP contribution in [0.1, 0.15) is 45.1 Å². The zero-order chi connectivity index (χ0) is 14.5. The van der Waals surface area contributed by atoms with Crippen molar-refractivity contribution in [3.63, 3.8) is 0 Å². The fourth-order valence-corrected chi connectivity index (χ4v) is 1.46. The zero-order valence-electron chi connectivity index (χ0n) is 11.9. The van der Waals surface area contributed by atoms with Gasteiger partial charge in [0, 0.05) is 6.42 Å². The fraction of sp³-hybridized carbons (Fsp3) is 0.571. The normalized spacial score (nSPS) is 11.2. The summed E-state index contributed by atoms with van der Waals surface area (Å²) in [6.45, 7) is 7.56. The summed E-state index contributed by atoms with van der Waals surface area (Å²) < 4.78 is 10.4. The van der Waals surface area contributed by atoms with Crippen LogP contribution in [0.25, 0.3) is 0 Å². The molecule has 5 nitrogen and oxygen atoms in total. The zero-order valence-corrected chi connectivity index (χ0v) is 11.9. The summed E-state index contributed by atoms with van der Waals surface area (Å²) in [4.78, 5) is 23.0. The van der Waals surface area contributed by atoms with Crippen molar-refractivity contribution >= 4 is 11.9 Å². The molecule has 0 fully saturated rings. The quantitative estimate of drug-likeness (QED) is 0.831. The summed E-state index contributed by atoms with van der Waals surface area (Å²) in [6, 6.07) is 3.64. The molecule has 0 saturated carbocycles. The number of rotatable bonds is 5. The Morgan fingerprint density at radius 1 is 1.26 bits per heavy atom. The molecule has 106 valence electrons. The number of furan rings is 1. The van der Waals surface area contributed by atoms with E-state index < -0.39 is 5.60 Å². The summed E-state index contributed by atoms with van der Waals surface area (Å²) >= 11 is 0. The summed E-state index contributed by atoms with van der Waals surface area (Å²) in [5.74, 6) is 0.942. The van der Waals surface area contributed by atoms with Crippen molar-refractivity contribution < 1.29 is 18.7 Å². The van der Waals surface area contributed by atoms with Crippen LogP contribution in [0.3, 0.4) is 0 Å². The van der Waals surface area contributed by atoms with Gasteiger partial charge in [-0.15, -0.1) is 0 Å². The first-order valence-corrected chi connectivity index (χ1v) is 6.30. The van der Waals surface area contributed by atoms with Crippen LogP contribution in [-0.2, 0) is 20.9 Å². The Hall–Kier alpha value is -1.78. The fourth-order valence-electron chi connectivity index (χ4n) is 1.46. The van der Waals surface area contributed by atoms with Crippen molar-refractivity contribution in [2.75, 3.05) is 0 Å². The maximum atomic E-state index is 11.5. The Bertz CT molecular complexity index is 443. The molecule has 0 atom stereocenters. The first-order valence-electron chi connectivity index (χ1n) is 6.30. The van der Waals surface area contributed by atoms with E-state index in [2.05, 4.69) is 5.32 Å². The molecule has 0 aliphatic rings. The number of carbonyl (C=O) groups is 2. The van der Waals surface area contributed by atoms with Gasteiger partial charge in [0.25, 0.3) is 0 Å². The largest absolute Gasteiger partial charge is 0.465 e. The van der Waals surface area contributed by atoms with Gasteiger partial charge in [0.05, 0.1) is 13.0 Å². The monoisotopic (exact) mass is 267 g/mol. The molecule has 0 unspecified atom stereocenters. The summed E-state index contributed by atoms with van der Waals surface area (Å²) in [5.41, 5.74) is -0.515. The van der Waals surface area contributed by atoms with Gasteiger partial charge in [0.15, 0.2) is 0 Å². The van der Waals surface area contributed by atoms with Crippen LogP contribution in [0.15, 0.2) is 16.5 Å². The molecule has 19 heavy (non-hydrogen) atoms. The number of ether oxygens (including phenoxy) is 1. The van der Waals surface area contributed by atoms with Gasteiger partial charge in [-0.3, -0.25) is 9.59 Å². The second-order valence-electron chi connectivity index (χ2n) is 5.38. The second kappa shape index (κ2) is 6.41. The SMILES string of the molecule is Cc1ccc(CNC(=O)CCC(=O)OC(C)(C)C)o1. The lowest BCUT2D eigenvalue weighted by Crippen LogP contribution is -2.26. The maximum Gasteiger partial charge on any atom is 0.306 e. The summed E-state index contributed by atoms with van der Waals surface area (Å²) in [7, 11) is 0. The predicted octanol–water partition coefficient (Wildman–Crippen LogP) is 2.33. The smallest absolute Gasteiger partial charge is 0.306 e. The maximum absolute atomic E-state index is 11.5. The van der Waals surface area contributed by atoms with Crippen molar-refractivity contribution in [2.45, 2.75) is 52.7 Å². The van der Waals surface area contributed by atoms with Gasteiger partial charge in [-0.2, -0.15) is 0 Å². The molecular formula is C14H21NO4. The minimum absolute atomic E-state index is 0.0836. The van der Waals surface area contributed by atoms with E-state index in [4.69, 9.17) is 9.15 Å². The average molecular weight is 267 g/mol. The Balaban J connectivity index is 2.23. The van der Waals surface area contributed by atoms with Gasteiger partial charge in [-0.05, 0) is 39.8 Å². The predicted molar refractivity (Wildman–Crippen MR) is 70.4 cm³/mol. The van der Waals surface area contributed by atoms with Crippen LogP contribution < -0.4 is 5.32 Å². The van der Waals surface area contributed by atoms with E-state index in [-0.39, 0.29) is 24.7 Å².